The molecule has 0 atom stereocenters. The number of nitrogens with one attached hydrogen (secondary N) is 1. The molecule has 1 N–H and O–H groups in total. The highest BCUT2D eigenvalue weighted by molar-refractivity contribution is 5.75. The molecule has 0 radical (unpaired) electrons. The predicted molar refractivity (Wildman–Crippen MR) is 85.6 cm³/mol. The minimum absolute atomic E-state index is 0.174. The SMILES string of the molecule is Cc1cc(C)n(-c2ccc(=O)n(CC(=O)NCc3ccco3)n2)n1. The van der Waals surface area contributed by atoms with Crippen molar-refractivity contribution in [2.75, 3.05) is 0 Å². The molecule has 0 aliphatic carbocycles. The second-order valence-corrected chi connectivity index (χ2v) is 5.38. The van der Waals surface area contributed by atoms with Crippen LogP contribution < -0.4 is 10.9 Å². The molecular formula is C16H17N5O3. The van der Waals surface area contributed by atoms with Gasteiger partial charge >= 0.3 is 0 Å². The summed E-state index contributed by atoms with van der Waals surface area (Å²) in [7, 11) is 0. The van der Waals surface area contributed by atoms with Gasteiger partial charge < -0.3 is 9.73 Å². The van der Waals surface area contributed by atoms with E-state index in [0.717, 1.165) is 16.1 Å². The van der Waals surface area contributed by atoms with Gasteiger partial charge in [0.25, 0.3) is 5.56 Å². The first kappa shape index (κ1) is 15.7. The summed E-state index contributed by atoms with van der Waals surface area (Å²) in [5, 5.41) is 11.2. The van der Waals surface area contributed by atoms with Crippen LogP contribution in [-0.4, -0.2) is 25.5 Å². The molecule has 0 aromatic carbocycles. The van der Waals surface area contributed by atoms with Crippen LogP contribution in [0.4, 0.5) is 0 Å². The molecule has 0 aliphatic rings. The van der Waals surface area contributed by atoms with Crippen LogP contribution in [0.1, 0.15) is 17.1 Å². The first-order chi connectivity index (χ1) is 11.5. The smallest absolute Gasteiger partial charge is 0.267 e. The topological polar surface area (TPSA) is 95.0 Å². The summed E-state index contributed by atoms with van der Waals surface area (Å²) in [4.78, 5) is 23.9. The molecule has 0 fully saturated rings. The molecule has 3 aromatic rings. The van der Waals surface area contributed by atoms with Gasteiger partial charge in [-0.3, -0.25) is 9.59 Å². The number of carbonyl (C=O) groups is 1. The van der Waals surface area contributed by atoms with Crippen LogP contribution in [0, 0.1) is 13.8 Å². The number of aryl methyl sites for hydroxylation is 2. The normalized spacial score (nSPS) is 10.8. The van der Waals surface area contributed by atoms with Crippen LogP contribution in [0.25, 0.3) is 5.82 Å². The lowest BCUT2D eigenvalue weighted by Crippen LogP contribution is -2.33. The van der Waals surface area contributed by atoms with Gasteiger partial charge in [0.2, 0.25) is 5.91 Å². The summed E-state index contributed by atoms with van der Waals surface area (Å²) in [5.41, 5.74) is 1.39. The Hall–Kier alpha value is -3.16. The number of carbonyl (C=O) groups excluding carboxylic acids is 1. The Morgan fingerprint density at radius 2 is 2.08 bits per heavy atom. The number of nitrogens with zero attached hydrogens (tertiary/aromatic N) is 4. The summed E-state index contributed by atoms with van der Waals surface area (Å²) in [6.07, 6.45) is 1.53. The Labute approximate surface area is 137 Å². The molecule has 124 valence electrons. The summed E-state index contributed by atoms with van der Waals surface area (Å²) in [6.45, 7) is 3.86. The van der Waals surface area contributed by atoms with Crippen molar-refractivity contribution in [3.8, 4) is 5.82 Å². The molecule has 3 heterocycles. The molecule has 8 heteroatoms. The summed E-state index contributed by atoms with van der Waals surface area (Å²) >= 11 is 0. The van der Waals surface area contributed by atoms with E-state index in [-0.39, 0.29) is 24.6 Å². The fraction of sp³-hybridized carbons (Fsp3) is 0.250. The zero-order valence-electron chi connectivity index (χ0n) is 13.4. The lowest BCUT2D eigenvalue weighted by Gasteiger charge is -2.08. The van der Waals surface area contributed by atoms with Gasteiger partial charge in [-0.05, 0) is 38.1 Å². The highest BCUT2D eigenvalue weighted by Crippen LogP contribution is 2.07. The Kier molecular flexibility index (Phi) is 4.28. The average Bonchev–Trinajstić information content (AvgIpc) is 3.17. The second kappa shape index (κ2) is 6.53. The first-order valence-electron chi connectivity index (χ1n) is 7.44. The third-order valence-electron chi connectivity index (χ3n) is 3.41. The Bertz CT molecular complexity index is 908. The third kappa shape index (κ3) is 3.43. The first-order valence-corrected chi connectivity index (χ1v) is 7.44. The van der Waals surface area contributed by atoms with Crippen molar-refractivity contribution >= 4 is 5.91 Å². The summed E-state index contributed by atoms with van der Waals surface area (Å²) in [5.74, 6) is 0.797. The lowest BCUT2D eigenvalue weighted by atomic mass is 10.4. The van der Waals surface area contributed by atoms with Crippen LogP contribution in [0.3, 0.4) is 0 Å². The molecule has 0 saturated heterocycles. The zero-order chi connectivity index (χ0) is 17.1. The molecule has 3 rings (SSSR count). The maximum Gasteiger partial charge on any atom is 0.267 e. The van der Waals surface area contributed by atoms with Crippen LogP contribution in [0.5, 0.6) is 0 Å². The van der Waals surface area contributed by atoms with Gasteiger partial charge in [0.1, 0.15) is 12.3 Å². The Morgan fingerprint density at radius 3 is 2.75 bits per heavy atom. The molecule has 0 spiro atoms. The maximum atomic E-state index is 12.0. The van der Waals surface area contributed by atoms with Crippen LogP contribution in [-0.2, 0) is 17.9 Å². The van der Waals surface area contributed by atoms with Gasteiger partial charge in [-0.25, -0.2) is 9.36 Å². The second-order valence-electron chi connectivity index (χ2n) is 5.38. The molecule has 0 aliphatic heterocycles. The van der Waals surface area contributed by atoms with Crippen molar-refractivity contribution in [3.63, 3.8) is 0 Å². The highest BCUT2D eigenvalue weighted by Gasteiger charge is 2.10. The summed E-state index contributed by atoms with van der Waals surface area (Å²) in [6, 6.07) is 8.37. The van der Waals surface area contributed by atoms with E-state index in [1.165, 1.54) is 12.3 Å². The number of aromatic nitrogens is 4. The van der Waals surface area contributed by atoms with Gasteiger partial charge in [-0.15, -0.1) is 5.10 Å². The molecular weight excluding hydrogens is 310 g/mol. The van der Waals surface area contributed by atoms with Crippen LogP contribution in [0.15, 0.2) is 45.8 Å². The van der Waals surface area contributed by atoms with E-state index in [0.29, 0.717) is 11.6 Å². The Morgan fingerprint density at radius 1 is 1.25 bits per heavy atom. The fourth-order valence-corrected chi connectivity index (χ4v) is 2.32. The van der Waals surface area contributed by atoms with Gasteiger partial charge in [-0.2, -0.15) is 5.10 Å². The van der Waals surface area contributed by atoms with E-state index in [2.05, 4.69) is 15.5 Å². The van der Waals surface area contributed by atoms with Gasteiger partial charge in [0.15, 0.2) is 5.82 Å². The van der Waals surface area contributed by atoms with Gasteiger partial charge in [0, 0.05) is 11.8 Å². The van der Waals surface area contributed by atoms with Gasteiger partial charge in [-0.1, -0.05) is 0 Å². The monoisotopic (exact) mass is 327 g/mol. The molecule has 0 unspecified atom stereocenters. The average molecular weight is 327 g/mol. The molecule has 1 amide bonds. The molecule has 0 bridgehead atoms. The molecule has 8 nitrogen and oxygen atoms in total. The molecule has 24 heavy (non-hydrogen) atoms. The van der Waals surface area contributed by atoms with Crippen LogP contribution in [0.2, 0.25) is 0 Å². The van der Waals surface area contributed by atoms with Crippen molar-refractivity contribution < 1.29 is 9.21 Å². The van der Waals surface area contributed by atoms with Crippen molar-refractivity contribution in [2.45, 2.75) is 26.9 Å². The van der Waals surface area contributed by atoms with E-state index in [4.69, 9.17) is 4.42 Å². The van der Waals surface area contributed by atoms with E-state index in [1.54, 1.807) is 22.9 Å². The van der Waals surface area contributed by atoms with Crippen molar-refractivity contribution in [1.82, 2.24) is 24.9 Å². The minimum Gasteiger partial charge on any atom is -0.467 e. The highest BCUT2D eigenvalue weighted by atomic mass is 16.3. The van der Waals surface area contributed by atoms with E-state index in [9.17, 15) is 9.59 Å². The lowest BCUT2D eigenvalue weighted by molar-refractivity contribution is -0.122. The number of amides is 1. The number of hydrogen-bond donors (Lipinski definition) is 1. The largest absolute Gasteiger partial charge is 0.467 e. The van der Waals surface area contributed by atoms with Crippen molar-refractivity contribution in [2.24, 2.45) is 0 Å². The van der Waals surface area contributed by atoms with E-state index < -0.39 is 0 Å². The standard InChI is InChI=1S/C16H17N5O3/c1-11-8-12(2)21(18-11)14-5-6-16(23)20(19-14)10-15(22)17-9-13-4-3-7-24-13/h3-8H,9-10H2,1-2H3,(H,17,22). The molecule has 3 aromatic heterocycles. The van der Waals surface area contributed by atoms with E-state index in [1.807, 2.05) is 19.9 Å². The Balaban J connectivity index is 1.75. The zero-order valence-corrected chi connectivity index (χ0v) is 13.4. The number of hydrogen-bond acceptors (Lipinski definition) is 5. The van der Waals surface area contributed by atoms with Crippen LogP contribution >= 0.6 is 0 Å². The minimum atomic E-state index is -0.353. The summed E-state index contributed by atoms with van der Waals surface area (Å²) < 4.78 is 7.89. The number of rotatable bonds is 5. The maximum absolute atomic E-state index is 12.0. The number of furan rings is 1. The third-order valence-corrected chi connectivity index (χ3v) is 3.41. The van der Waals surface area contributed by atoms with Crippen molar-refractivity contribution in [1.29, 1.82) is 0 Å². The molecule has 0 saturated carbocycles. The predicted octanol–water partition coefficient (Wildman–Crippen LogP) is 0.955. The van der Waals surface area contributed by atoms with Crippen molar-refractivity contribution in [3.05, 3.63) is 64.1 Å². The van der Waals surface area contributed by atoms with Gasteiger partial charge in [0.05, 0.1) is 18.5 Å². The quantitative estimate of drug-likeness (QED) is 0.753. The van der Waals surface area contributed by atoms with E-state index >= 15 is 0 Å². The fourth-order valence-electron chi connectivity index (χ4n) is 2.32.